The van der Waals surface area contributed by atoms with E-state index in [1.165, 1.54) is 25.7 Å². The molecule has 0 aromatic rings. The Bertz CT molecular complexity index is 167. The van der Waals surface area contributed by atoms with Gasteiger partial charge in [-0.2, -0.15) is 8.42 Å². The van der Waals surface area contributed by atoms with Gasteiger partial charge in [0.1, 0.15) is 0 Å². The van der Waals surface area contributed by atoms with Crippen LogP contribution >= 0.6 is 0 Å². The zero-order chi connectivity index (χ0) is 10.7. The third-order valence-corrected chi connectivity index (χ3v) is 1.26. The van der Waals surface area contributed by atoms with Crippen LogP contribution in [0.15, 0.2) is 0 Å². The van der Waals surface area contributed by atoms with E-state index in [1.807, 2.05) is 0 Å². The molecule has 0 rings (SSSR count). The van der Waals surface area contributed by atoms with Gasteiger partial charge in [0.05, 0.1) is 0 Å². The Morgan fingerprint density at radius 2 is 1.36 bits per heavy atom. The van der Waals surface area contributed by atoms with Gasteiger partial charge in [0, 0.05) is 6.61 Å². The Balaban J connectivity index is -0.000000177. The maximum atomic E-state index is 8.74. The summed E-state index contributed by atoms with van der Waals surface area (Å²) in [5.74, 6) is 0. The SMILES string of the molecule is CCCCCCCO.O=S(=O)(O)O.[NaH]. The molecule has 0 bridgehead atoms. The molecule has 0 atom stereocenters. The number of hydrogen-bond donors (Lipinski definition) is 3. The van der Waals surface area contributed by atoms with Crippen molar-refractivity contribution in [3.63, 3.8) is 0 Å². The molecule has 0 saturated heterocycles. The van der Waals surface area contributed by atoms with Crippen LogP contribution in [0.5, 0.6) is 0 Å². The van der Waals surface area contributed by atoms with Gasteiger partial charge in [-0.3, -0.25) is 9.11 Å². The van der Waals surface area contributed by atoms with E-state index in [1.54, 1.807) is 0 Å². The molecule has 0 aliphatic rings. The Morgan fingerprint density at radius 1 is 1.00 bits per heavy atom. The summed E-state index contributed by atoms with van der Waals surface area (Å²) in [7, 11) is -4.67. The Kier molecular flexibility index (Phi) is 20.0. The van der Waals surface area contributed by atoms with Crippen LogP contribution in [0.1, 0.15) is 39.0 Å². The first-order valence-electron chi connectivity index (χ1n) is 4.22. The minimum atomic E-state index is -4.67. The Hall–Kier alpha value is 0.830. The fraction of sp³-hybridized carbons (Fsp3) is 1.00. The summed E-state index contributed by atoms with van der Waals surface area (Å²) in [5.41, 5.74) is 0. The van der Waals surface area contributed by atoms with E-state index in [4.69, 9.17) is 22.6 Å². The summed E-state index contributed by atoms with van der Waals surface area (Å²) >= 11 is 0. The van der Waals surface area contributed by atoms with Crippen molar-refractivity contribution >= 4 is 40.0 Å². The van der Waals surface area contributed by atoms with Gasteiger partial charge < -0.3 is 5.11 Å². The quantitative estimate of drug-likeness (QED) is 0.371. The maximum absolute atomic E-state index is 8.74. The minimum absolute atomic E-state index is 0. The van der Waals surface area contributed by atoms with Crippen molar-refractivity contribution in [2.24, 2.45) is 0 Å². The first-order chi connectivity index (χ1) is 5.91. The number of rotatable bonds is 5. The molecule has 0 aliphatic heterocycles. The van der Waals surface area contributed by atoms with Gasteiger partial charge in [-0.05, 0) is 6.42 Å². The van der Waals surface area contributed by atoms with E-state index < -0.39 is 10.4 Å². The van der Waals surface area contributed by atoms with Crippen LogP contribution in [0.4, 0.5) is 0 Å². The third-order valence-electron chi connectivity index (χ3n) is 1.26. The number of aliphatic hydroxyl groups excluding tert-OH is 1. The van der Waals surface area contributed by atoms with Gasteiger partial charge in [0.2, 0.25) is 0 Å². The molecule has 0 heterocycles. The third kappa shape index (κ3) is 52.8. The molecule has 0 aromatic carbocycles. The number of hydrogen-bond acceptors (Lipinski definition) is 3. The summed E-state index contributed by atoms with van der Waals surface area (Å²) in [6.07, 6.45) is 6.08. The van der Waals surface area contributed by atoms with E-state index in [0.29, 0.717) is 6.61 Å². The molecule has 0 amide bonds. The predicted molar refractivity (Wildman–Crippen MR) is 57.2 cm³/mol. The van der Waals surface area contributed by atoms with E-state index in [9.17, 15) is 0 Å². The van der Waals surface area contributed by atoms with Crippen LogP contribution in [0.2, 0.25) is 0 Å². The summed E-state index contributed by atoms with van der Waals surface area (Å²) in [6.45, 7) is 2.56. The number of unbranched alkanes of at least 4 members (excludes halogenated alkanes) is 4. The van der Waals surface area contributed by atoms with E-state index in [2.05, 4.69) is 6.92 Å². The standard InChI is InChI=1S/C7H16O.Na.H2O4S.H/c1-2-3-4-5-6-7-8;;1-5(2,3)4;/h8H,2-7H2,1H3;;(H2,1,2,3,4);. The molecule has 0 radical (unpaired) electrons. The van der Waals surface area contributed by atoms with Crippen LogP contribution in [-0.4, -0.2) is 58.8 Å². The first-order valence-corrected chi connectivity index (χ1v) is 5.62. The molecular weight excluding hydrogens is 219 g/mol. The van der Waals surface area contributed by atoms with Gasteiger partial charge in [0.25, 0.3) is 0 Å². The van der Waals surface area contributed by atoms with Gasteiger partial charge in [0.15, 0.2) is 0 Å². The van der Waals surface area contributed by atoms with Crippen LogP contribution in [0, 0.1) is 0 Å². The van der Waals surface area contributed by atoms with Crippen LogP contribution < -0.4 is 0 Å². The molecule has 14 heavy (non-hydrogen) atoms. The average Bonchev–Trinajstić information content (AvgIpc) is 1.95. The second-order valence-electron chi connectivity index (χ2n) is 2.59. The summed E-state index contributed by atoms with van der Waals surface area (Å²) < 4.78 is 31.6. The summed E-state index contributed by atoms with van der Waals surface area (Å²) in [6, 6.07) is 0. The van der Waals surface area contributed by atoms with Crippen molar-refractivity contribution in [1.29, 1.82) is 0 Å². The van der Waals surface area contributed by atoms with Crippen molar-refractivity contribution in [1.82, 2.24) is 0 Å². The van der Waals surface area contributed by atoms with Gasteiger partial charge in [-0.15, -0.1) is 0 Å². The van der Waals surface area contributed by atoms with E-state index in [-0.39, 0.29) is 29.6 Å². The molecule has 0 spiro atoms. The zero-order valence-electron chi connectivity index (χ0n) is 7.81. The molecular formula is C7H19NaO5S. The summed E-state index contributed by atoms with van der Waals surface area (Å²) in [4.78, 5) is 0. The average molecular weight is 238 g/mol. The van der Waals surface area contributed by atoms with Crippen molar-refractivity contribution < 1.29 is 22.6 Å². The van der Waals surface area contributed by atoms with Gasteiger partial charge in [-0.1, -0.05) is 32.6 Å². The normalized spacial score (nSPS) is 9.71. The molecule has 84 valence electrons. The molecule has 5 nitrogen and oxygen atoms in total. The topological polar surface area (TPSA) is 94.8 Å². The predicted octanol–water partition coefficient (Wildman–Crippen LogP) is 0.648. The molecule has 0 aromatic heterocycles. The zero-order valence-corrected chi connectivity index (χ0v) is 8.63. The molecule has 0 aliphatic carbocycles. The monoisotopic (exact) mass is 238 g/mol. The summed E-state index contributed by atoms with van der Waals surface area (Å²) in [5, 5.41) is 8.37. The van der Waals surface area contributed by atoms with Crippen LogP contribution in [0.25, 0.3) is 0 Å². The Labute approximate surface area is 108 Å². The molecule has 0 saturated carbocycles. The van der Waals surface area contributed by atoms with E-state index in [0.717, 1.165) is 6.42 Å². The molecule has 0 fully saturated rings. The van der Waals surface area contributed by atoms with Gasteiger partial charge in [-0.25, -0.2) is 0 Å². The fourth-order valence-electron chi connectivity index (χ4n) is 0.715. The van der Waals surface area contributed by atoms with Crippen molar-refractivity contribution in [2.75, 3.05) is 6.61 Å². The van der Waals surface area contributed by atoms with Crippen molar-refractivity contribution in [3.8, 4) is 0 Å². The molecule has 7 heteroatoms. The van der Waals surface area contributed by atoms with Crippen molar-refractivity contribution in [3.05, 3.63) is 0 Å². The van der Waals surface area contributed by atoms with E-state index >= 15 is 0 Å². The fourth-order valence-corrected chi connectivity index (χ4v) is 0.715. The van der Waals surface area contributed by atoms with Crippen molar-refractivity contribution in [2.45, 2.75) is 39.0 Å². The van der Waals surface area contributed by atoms with Crippen LogP contribution in [-0.2, 0) is 10.4 Å². The second-order valence-corrected chi connectivity index (χ2v) is 3.48. The van der Waals surface area contributed by atoms with Crippen LogP contribution in [0.3, 0.4) is 0 Å². The Morgan fingerprint density at radius 3 is 1.64 bits per heavy atom. The molecule has 3 N–H and O–H groups in total. The first kappa shape index (κ1) is 20.3. The number of aliphatic hydroxyl groups is 1. The molecule has 0 unspecified atom stereocenters. The van der Waals surface area contributed by atoms with Gasteiger partial charge >= 0.3 is 40.0 Å². The second kappa shape index (κ2) is 13.8.